The molecule has 0 aliphatic carbocycles. The number of carbonyl (C=O) groups excluding carboxylic acids is 1. The summed E-state index contributed by atoms with van der Waals surface area (Å²) in [6.45, 7) is 9.53. The number of nitrogens with zero attached hydrogens (tertiary/aromatic N) is 2. The molecular weight excluding hydrogens is 290 g/mol. The van der Waals surface area contributed by atoms with Crippen LogP contribution in [0.25, 0.3) is 0 Å². The highest BCUT2D eigenvalue weighted by Crippen LogP contribution is 2.12. The first kappa shape index (κ1) is 18.4. The Morgan fingerprint density at radius 3 is 2.19 bits per heavy atom. The van der Waals surface area contributed by atoms with E-state index in [1.54, 1.807) is 11.8 Å². The van der Waals surface area contributed by atoms with E-state index in [2.05, 4.69) is 5.32 Å². The van der Waals surface area contributed by atoms with Gasteiger partial charge in [0.25, 0.3) is 0 Å². The highest BCUT2D eigenvalue weighted by Gasteiger charge is 2.30. The van der Waals surface area contributed by atoms with Crippen molar-refractivity contribution in [2.45, 2.75) is 33.6 Å². The van der Waals surface area contributed by atoms with Gasteiger partial charge in [-0.3, -0.25) is 4.79 Å². The molecule has 1 saturated heterocycles. The van der Waals surface area contributed by atoms with Crippen LogP contribution in [0.1, 0.15) is 33.6 Å². The summed E-state index contributed by atoms with van der Waals surface area (Å²) in [7, 11) is -3.35. The van der Waals surface area contributed by atoms with Crippen molar-refractivity contribution in [2.24, 2.45) is 5.92 Å². The van der Waals surface area contributed by atoms with Crippen LogP contribution in [0.5, 0.6) is 0 Å². The van der Waals surface area contributed by atoms with Gasteiger partial charge in [0.05, 0.1) is 11.7 Å². The Kier molecular flexibility index (Phi) is 7.62. The zero-order valence-corrected chi connectivity index (χ0v) is 14.3. The zero-order chi connectivity index (χ0) is 15.9. The first-order chi connectivity index (χ1) is 9.92. The lowest BCUT2D eigenvalue weighted by atomic mass is 10.1. The van der Waals surface area contributed by atoms with Crippen molar-refractivity contribution in [3.8, 4) is 0 Å². The molecule has 21 heavy (non-hydrogen) atoms. The summed E-state index contributed by atoms with van der Waals surface area (Å²) in [4.78, 5) is 14.2. The lowest BCUT2D eigenvalue weighted by Gasteiger charge is -2.29. The summed E-state index contributed by atoms with van der Waals surface area (Å²) in [6, 6.07) is 0. The molecule has 0 saturated carbocycles. The van der Waals surface area contributed by atoms with E-state index in [9.17, 15) is 13.2 Å². The average molecular weight is 319 g/mol. The topological polar surface area (TPSA) is 69.7 Å². The van der Waals surface area contributed by atoms with Crippen LogP contribution in [-0.2, 0) is 14.8 Å². The minimum Gasteiger partial charge on any atom is -0.342 e. The fourth-order valence-corrected chi connectivity index (χ4v) is 4.32. The first-order valence-electron chi connectivity index (χ1n) is 7.89. The predicted molar refractivity (Wildman–Crippen MR) is 84.6 cm³/mol. The number of carbonyl (C=O) groups is 1. The number of hydrogen-bond acceptors (Lipinski definition) is 4. The van der Waals surface area contributed by atoms with Crippen molar-refractivity contribution in [3.63, 3.8) is 0 Å². The summed E-state index contributed by atoms with van der Waals surface area (Å²) < 4.78 is 26.2. The van der Waals surface area contributed by atoms with Crippen molar-refractivity contribution in [1.29, 1.82) is 0 Å². The SMILES string of the molecule is CCCN(CCC)C(=O)C(C)CS(=O)(=O)N1CCNCC1. The largest absolute Gasteiger partial charge is 0.342 e. The van der Waals surface area contributed by atoms with Crippen LogP contribution >= 0.6 is 0 Å². The highest BCUT2D eigenvalue weighted by molar-refractivity contribution is 7.89. The second kappa shape index (κ2) is 8.70. The molecule has 0 radical (unpaired) electrons. The summed E-state index contributed by atoms with van der Waals surface area (Å²) in [5.74, 6) is -0.615. The Bertz CT molecular complexity index is 413. The van der Waals surface area contributed by atoms with Gasteiger partial charge in [-0.05, 0) is 12.8 Å². The van der Waals surface area contributed by atoms with Gasteiger partial charge in [0.2, 0.25) is 15.9 Å². The number of hydrogen-bond donors (Lipinski definition) is 1. The number of sulfonamides is 1. The van der Waals surface area contributed by atoms with Crippen LogP contribution in [0.2, 0.25) is 0 Å². The highest BCUT2D eigenvalue weighted by atomic mass is 32.2. The first-order valence-corrected chi connectivity index (χ1v) is 9.50. The van der Waals surface area contributed by atoms with Crippen molar-refractivity contribution >= 4 is 15.9 Å². The third kappa shape index (κ3) is 5.56. The zero-order valence-electron chi connectivity index (χ0n) is 13.5. The quantitative estimate of drug-likeness (QED) is 0.707. The van der Waals surface area contributed by atoms with E-state index in [0.717, 1.165) is 12.8 Å². The molecule has 1 aliphatic rings. The summed E-state index contributed by atoms with van der Waals surface area (Å²) in [6.07, 6.45) is 1.78. The molecule has 0 aromatic heterocycles. The maximum atomic E-state index is 12.4. The molecule has 1 aliphatic heterocycles. The summed E-state index contributed by atoms with van der Waals surface area (Å²) in [5, 5.41) is 3.13. The second-order valence-electron chi connectivity index (χ2n) is 5.65. The Labute approximate surface area is 128 Å². The van der Waals surface area contributed by atoms with Gasteiger partial charge in [-0.15, -0.1) is 0 Å². The van der Waals surface area contributed by atoms with E-state index in [1.807, 2.05) is 13.8 Å². The maximum absolute atomic E-state index is 12.4. The minimum absolute atomic E-state index is 0.0441. The number of nitrogens with one attached hydrogen (secondary N) is 1. The fraction of sp³-hybridized carbons (Fsp3) is 0.929. The van der Waals surface area contributed by atoms with E-state index in [-0.39, 0.29) is 11.7 Å². The Balaban J connectivity index is 2.64. The predicted octanol–water partition coefficient (Wildman–Crippen LogP) is 0.506. The lowest BCUT2D eigenvalue weighted by molar-refractivity contribution is -0.134. The van der Waals surface area contributed by atoms with E-state index in [4.69, 9.17) is 0 Å². The van der Waals surface area contributed by atoms with Crippen LogP contribution in [0.3, 0.4) is 0 Å². The maximum Gasteiger partial charge on any atom is 0.226 e. The molecule has 0 spiro atoms. The minimum atomic E-state index is -3.35. The van der Waals surface area contributed by atoms with E-state index in [1.165, 1.54) is 4.31 Å². The molecule has 0 aromatic carbocycles. The van der Waals surface area contributed by atoms with E-state index in [0.29, 0.717) is 39.3 Å². The van der Waals surface area contributed by atoms with Crippen LogP contribution in [0.15, 0.2) is 0 Å². The van der Waals surface area contributed by atoms with Gasteiger partial charge in [0, 0.05) is 39.3 Å². The van der Waals surface area contributed by atoms with E-state index >= 15 is 0 Å². The number of rotatable bonds is 8. The average Bonchev–Trinajstić information content (AvgIpc) is 2.46. The van der Waals surface area contributed by atoms with Crippen molar-refractivity contribution in [3.05, 3.63) is 0 Å². The third-order valence-electron chi connectivity index (χ3n) is 3.65. The molecule has 1 N–H and O–H groups in total. The van der Waals surface area contributed by atoms with Crippen LogP contribution in [0.4, 0.5) is 0 Å². The molecule has 1 amide bonds. The molecule has 7 heteroatoms. The van der Waals surface area contributed by atoms with Gasteiger partial charge in [-0.2, -0.15) is 4.31 Å². The van der Waals surface area contributed by atoms with E-state index < -0.39 is 15.9 Å². The molecule has 1 unspecified atom stereocenters. The van der Waals surface area contributed by atoms with Gasteiger partial charge >= 0.3 is 0 Å². The lowest BCUT2D eigenvalue weighted by Crippen LogP contribution is -2.49. The Morgan fingerprint density at radius 2 is 1.71 bits per heavy atom. The molecule has 0 aromatic rings. The van der Waals surface area contributed by atoms with Gasteiger partial charge in [0.15, 0.2) is 0 Å². The molecule has 1 atom stereocenters. The monoisotopic (exact) mass is 319 g/mol. The Hall–Kier alpha value is -0.660. The van der Waals surface area contributed by atoms with Crippen molar-refractivity contribution in [1.82, 2.24) is 14.5 Å². The van der Waals surface area contributed by atoms with Gasteiger partial charge in [-0.25, -0.2) is 8.42 Å². The van der Waals surface area contributed by atoms with Crippen molar-refractivity contribution < 1.29 is 13.2 Å². The number of amides is 1. The molecule has 6 nitrogen and oxygen atoms in total. The normalized spacial score (nSPS) is 18.4. The van der Waals surface area contributed by atoms with Gasteiger partial charge < -0.3 is 10.2 Å². The van der Waals surface area contributed by atoms with Crippen LogP contribution in [0, 0.1) is 5.92 Å². The smallest absolute Gasteiger partial charge is 0.226 e. The van der Waals surface area contributed by atoms with Crippen molar-refractivity contribution in [2.75, 3.05) is 45.0 Å². The third-order valence-corrected chi connectivity index (χ3v) is 5.72. The second-order valence-corrected chi connectivity index (χ2v) is 7.67. The van der Waals surface area contributed by atoms with Crippen LogP contribution < -0.4 is 5.32 Å². The summed E-state index contributed by atoms with van der Waals surface area (Å²) in [5.41, 5.74) is 0. The standard InChI is InChI=1S/C14H29N3O3S/c1-4-8-16(9-5-2)14(18)13(3)12-21(19,20)17-10-6-15-7-11-17/h13,15H,4-12H2,1-3H3. The molecule has 0 bridgehead atoms. The molecule has 124 valence electrons. The molecule has 1 heterocycles. The van der Waals surface area contributed by atoms with Crippen LogP contribution in [-0.4, -0.2) is 68.6 Å². The molecule has 1 rings (SSSR count). The van der Waals surface area contributed by atoms with Gasteiger partial charge in [0.1, 0.15) is 0 Å². The molecule has 1 fully saturated rings. The Morgan fingerprint density at radius 1 is 1.19 bits per heavy atom. The van der Waals surface area contributed by atoms with Gasteiger partial charge in [-0.1, -0.05) is 20.8 Å². The number of piperazine rings is 1. The molecular formula is C14H29N3O3S. The summed E-state index contributed by atoms with van der Waals surface area (Å²) >= 11 is 0. The fourth-order valence-electron chi connectivity index (χ4n) is 2.60.